The molecule has 1 aromatic heterocycles. The van der Waals surface area contributed by atoms with Gasteiger partial charge in [0.05, 0.1) is 16.8 Å². The highest BCUT2D eigenvalue weighted by molar-refractivity contribution is 7.92. The first-order valence-corrected chi connectivity index (χ1v) is 13.9. The van der Waals surface area contributed by atoms with Crippen LogP contribution in [0.3, 0.4) is 0 Å². The molecule has 1 amide bonds. The molecule has 3 aromatic rings. The summed E-state index contributed by atoms with van der Waals surface area (Å²) < 4.78 is 53.6. The van der Waals surface area contributed by atoms with E-state index in [4.69, 9.17) is 0 Å². The smallest absolute Gasteiger partial charge is 0.264 e. The summed E-state index contributed by atoms with van der Waals surface area (Å²) in [7, 11) is -7.71. The Morgan fingerprint density at radius 2 is 1.43 bits per heavy atom. The Bertz CT molecular complexity index is 1420. The van der Waals surface area contributed by atoms with Crippen LogP contribution in [-0.4, -0.2) is 45.0 Å². The quantitative estimate of drug-likeness (QED) is 0.468. The topological polar surface area (TPSA) is 138 Å². The third-order valence-electron chi connectivity index (χ3n) is 5.02. The van der Waals surface area contributed by atoms with E-state index in [2.05, 4.69) is 20.0 Å². The van der Waals surface area contributed by atoms with Crippen molar-refractivity contribution < 1.29 is 21.6 Å². The van der Waals surface area contributed by atoms with Crippen LogP contribution >= 0.6 is 0 Å². The maximum atomic E-state index is 12.9. The van der Waals surface area contributed by atoms with Crippen molar-refractivity contribution in [3.8, 4) is 0 Å². The number of anilines is 3. The summed E-state index contributed by atoms with van der Waals surface area (Å²) in [5, 5.41) is 2.63. The van der Waals surface area contributed by atoms with Crippen LogP contribution in [0, 0.1) is 20.8 Å². The van der Waals surface area contributed by atoms with Gasteiger partial charge in [-0.15, -0.1) is 0 Å². The standard InChI is InChI=1S/C23H27N5O5S2/c1-15-6-10-20(11-7-15)28(34(5,30)31)18(4)22(29)26-19-8-12-21(13-9-19)35(32,33)27-23-24-16(2)14-17(3)25-23/h6-14,18H,1-5H3,(H,26,29)(H,24,25,27)/t18-/m0/s1. The molecule has 0 fully saturated rings. The average molecular weight is 518 g/mol. The lowest BCUT2D eigenvalue weighted by atomic mass is 10.2. The first kappa shape index (κ1) is 26.1. The van der Waals surface area contributed by atoms with E-state index in [1.807, 2.05) is 6.92 Å². The first-order valence-electron chi connectivity index (χ1n) is 10.6. The number of sulfonamides is 2. The van der Waals surface area contributed by atoms with Gasteiger partial charge in [-0.25, -0.2) is 31.5 Å². The molecule has 1 heterocycles. The van der Waals surface area contributed by atoms with Crippen molar-refractivity contribution in [2.75, 3.05) is 20.6 Å². The minimum Gasteiger partial charge on any atom is -0.324 e. The summed E-state index contributed by atoms with van der Waals surface area (Å²) in [4.78, 5) is 21.0. The van der Waals surface area contributed by atoms with Gasteiger partial charge in [-0.05, 0) is 70.2 Å². The molecule has 3 rings (SSSR count). The van der Waals surface area contributed by atoms with E-state index in [9.17, 15) is 21.6 Å². The van der Waals surface area contributed by atoms with Crippen LogP contribution in [0.1, 0.15) is 23.9 Å². The maximum absolute atomic E-state index is 12.9. The van der Waals surface area contributed by atoms with E-state index < -0.39 is 32.0 Å². The normalized spacial score (nSPS) is 12.6. The molecule has 0 radical (unpaired) electrons. The van der Waals surface area contributed by atoms with E-state index in [0.29, 0.717) is 22.8 Å². The van der Waals surface area contributed by atoms with E-state index in [1.165, 1.54) is 31.2 Å². The largest absolute Gasteiger partial charge is 0.324 e. The summed E-state index contributed by atoms with van der Waals surface area (Å²) in [5.74, 6) is -0.612. The van der Waals surface area contributed by atoms with Crippen molar-refractivity contribution in [3.63, 3.8) is 0 Å². The minimum atomic E-state index is -3.96. The molecular weight excluding hydrogens is 490 g/mol. The van der Waals surface area contributed by atoms with Gasteiger partial charge in [-0.2, -0.15) is 0 Å². The van der Waals surface area contributed by atoms with Crippen LogP contribution < -0.4 is 14.3 Å². The van der Waals surface area contributed by atoms with Gasteiger partial charge in [0, 0.05) is 17.1 Å². The summed E-state index contributed by atoms with van der Waals surface area (Å²) in [5.41, 5.74) is 2.86. The second-order valence-corrected chi connectivity index (χ2v) is 11.7. The van der Waals surface area contributed by atoms with Crippen LogP contribution in [0.4, 0.5) is 17.3 Å². The number of aromatic nitrogens is 2. The molecule has 0 bridgehead atoms. The van der Waals surface area contributed by atoms with E-state index in [-0.39, 0.29) is 10.8 Å². The van der Waals surface area contributed by atoms with Crippen molar-refractivity contribution in [3.05, 3.63) is 71.5 Å². The maximum Gasteiger partial charge on any atom is 0.264 e. The molecule has 0 unspecified atom stereocenters. The number of benzene rings is 2. The first-order chi connectivity index (χ1) is 16.3. The van der Waals surface area contributed by atoms with Gasteiger partial charge in [0.1, 0.15) is 6.04 Å². The Morgan fingerprint density at radius 1 is 0.886 bits per heavy atom. The molecule has 0 saturated carbocycles. The van der Waals surface area contributed by atoms with Crippen LogP contribution in [0.2, 0.25) is 0 Å². The Hall–Kier alpha value is -3.51. The number of hydrogen-bond acceptors (Lipinski definition) is 7. The van der Waals surface area contributed by atoms with Crippen LogP contribution in [0.15, 0.2) is 59.5 Å². The van der Waals surface area contributed by atoms with Crippen molar-refractivity contribution in [1.82, 2.24) is 9.97 Å². The molecule has 12 heteroatoms. The number of carbonyl (C=O) groups excluding carboxylic acids is 1. The Balaban J connectivity index is 1.76. The lowest BCUT2D eigenvalue weighted by molar-refractivity contribution is -0.116. The van der Waals surface area contributed by atoms with Gasteiger partial charge < -0.3 is 5.32 Å². The molecule has 2 N–H and O–H groups in total. The fourth-order valence-corrected chi connectivity index (χ4v) is 5.53. The van der Waals surface area contributed by atoms with Gasteiger partial charge in [0.15, 0.2) is 0 Å². The predicted octanol–water partition coefficient (Wildman–Crippen LogP) is 3.00. The van der Waals surface area contributed by atoms with Crippen molar-refractivity contribution in [2.24, 2.45) is 0 Å². The fraction of sp³-hybridized carbons (Fsp3) is 0.261. The summed E-state index contributed by atoms with van der Waals surface area (Å²) in [6.45, 7) is 6.81. The average Bonchev–Trinajstić information content (AvgIpc) is 2.73. The zero-order chi connectivity index (χ0) is 26.0. The number of nitrogens with zero attached hydrogens (tertiary/aromatic N) is 3. The lowest BCUT2D eigenvalue weighted by Gasteiger charge is -2.28. The molecular formula is C23H27N5O5S2. The molecule has 2 aromatic carbocycles. The Morgan fingerprint density at radius 3 is 1.94 bits per heavy atom. The zero-order valence-electron chi connectivity index (χ0n) is 20.0. The Labute approximate surface area is 205 Å². The number of nitrogens with one attached hydrogen (secondary N) is 2. The lowest BCUT2D eigenvalue weighted by Crippen LogP contribution is -2.45. The van der Waals surface area contributed by atoms with E-state index >= 15 is 0 Å². The minimum absolute atomic E-state index is 0.0364. The van der Waals surface area contributed by atoms with Crippen molar-refractivity contribution in [2.45, 2.75) is 38.6 Å². The second-order valence-electron chi connectivity index (χ2n) is 8.16. The van der Waals surface area contributed by atoms with Crippen LogP contribution in [0.25, 0.3) is 0 Å². The molecule has 1 atom stereocenters. The third kappa shape index (κ3) is 6.55. The molecule has 35 heavy (non-hydrogen) atoms. The SMILES string of the molecule is Cc1ccc(N([C@@H](C)C(=O)Nc2ccc(S(=O)(=O)Nc3nc(C)cc(C)n3)cc2)S(C)(=O)=O)cc1. The number of carbonyl (C=O) groups is 1. The van der Waals surface area contributed by atoms with Crippen molar-refractivity contribution in [1.29, 1.82) is 0 Å². The molecule has 186 valence electrons. The highest BCUT2D eigenvalue weighted by Crippen LogP contribution is 2.23. The summed E-state index contributed by atoms with van der Waals surface area (Å²) in [6, 6.07) is 12.9. The van der Waals surface area contributed by atoms with Crippen LogP contribution in [-0.2, 0) is 24.8 Å². The van der Waals surface area contributed by atoms with E-state index in [1.54, 1.807) is 44.2 Å². The second kappa shape index (κ2) is 10.0. The summed E-state index contributed by atoms with van der Waals surface area (Å²) in [6.07, 6.45) is 1.03. The fourth-order valence-electron chi connectivity index (χ4n) is 3.42. The third-order valence-corrected chi connectivity index (χ3v) is 7.60. The van der Waals surface area contributed by atoms with Gasteiger partial charge in [0.25, 0.3) is 10.0 Å². The van der Waals surface area contributed by atoms with Gasteiger partial charge in [-0.3, -0.25) is 9.10 Å². The predicted molar refractivity (Wildman–Crippen MR) is 135 cm³/mol. The highest BCUT2D eigenvalue weighted by atomic mass is 32.2. The van der Waals surface area contributed by atoms with Crippen LogP contribution in [0.5, 0.6) is 0 Å². The van der Waals surface area contributed by atoms with Gasteiger partial charge >= 0.3 is 0 Å². The van der Waals surface area contributed by atoms with Gasteiger partial charge in [-0.1, -0.05) is 17.7 Å². The molecule has 10 nitrogen and oxygen atoms in total. The van der Waals surface area contributed by atoms with Crippen molar-refractivity contribution >= 4 is 43.3 Å². The van der Waals surface area contributed by atoms with E-state index in [0.717, 1.165) is 16.1 Å². The number of hydrogen-bond donors (Lipinski definition) is 2. The molecule has 0 aliphatic heterocycles. The number of aryl methyl sites for hydroxylation is 3. The highest BCUT2D eigenvalue weighted by Gasteiger charge is 2.29. The number of amides is 1. The summed E-state index contributed by atoms with van der Waals surface area (Å²) >= 11 is 0. The Kier molecular flexibility index (Phi) is 7.46. The molecule has 0 aliphatic carbocycles. The monoisotopic (exact) mass is 517 g/mol. The molecule has 0 spiro atoms. The molecule has 0 aliphatic rings. The zero-order valence-corrected chi connectivity index (χ0v) is 21.6. The molecule has 0 saturated heterocycles. The number of rotatable bonds is 8. The van der Waals surface area contributed by atoms with Gasteiger partial charge in [0.2, 0.25) is 21.9 Å².